The van der Waals surface area contributed by atoms with Gasteiger partial charge in [0.05, 0.1) is 5.56 Å². The highest BCUT2D eigenvalue weighted by Crippen LogP contribution is 2.21. The number of aromatic nitrogens is 1. The van der Waals surface area contributed by atoms with Gasteiger partial charge in [0, 0.05) is 0 Å². The van der Waals surface area contributed by atoms with E-state index in [0.29, 0.717) is 0 Å². The Kier molecular flexibility index (Phi) is 2.18. The largest absolute Gasteiger partial charge is 0.372 e. The van der Waals surface area contributed by atoms with Gasteiger partial charge in [-0.2, -0.15) is 8.78 Å². The summed E-state index contributed by atoms with van der Waals surface area (Å²) in [5.74, 6) is -6.21. The van der Waals surface area contributed by atoms with Crippen molar-refractivity contribution in [2.24, 2.45) is 0 Å². The molecule has 0 fully saturated rings. The Morgan fingerprint density at radius 2 is 1.85 bits per heavy atom. The standard InChI is InChI=1S/C6H3F3N2O2/c1-2-3(7)4(8)5(9)10-6(2)11(12)13/h1H3. The predicted octanol–water partition coefficient (Wildman–Crippen LogP) is 1.72. The lowest BCUT2D eigenvalue weighted by Crippen LogP contribution is -2.04. The SMILES string of the molecule is Cc1c([N+](=O)[O-])nc(F)c(F)c1F. The van der Waals surface area contributed by atoms with Crippen LogP contribution < -0.4 is 0 Å². The second kappa shape index (κ2) is 3.00. The first-order valence-electron chi connectivity index (χ1n) is 3.10. The van der Waals surface area contributed by atoms with Gasteiger partial charge in [0.25, 0.3) is 0 Å². The number of nitro groups is 1. The third-order valence-electron chi connectivity index (χ3n) is 1.42. The molecule has 0 aliphatic heterocycles. The van der Waals surface area contributed by atoms with E-state index < -0.39 is 33.9 Å². The van der Waals surface area contributed by atoms with Crippen molar-refractivity contribution in [3.63, 3.8) is 0 Å². The van der Waals surface area contributed by atoms with E-state index in [1.54, 1.807) is 0 Å². The fourth-order valence-corrected chi connectivity index (χ4v) is 0.757. The number of halogens is 3. The molecule has 1 aromatic heterocycles. The van der Waals surface area contributed by atoms with Crippen LogP contribution in [0.4, 0.5) is 19.0 Å². The van der Waals surface area contributed by atoms with Gasteiger partial charge < -0.3 is 10.1 Å². The molecule has 0 unspecified atom stereocenters. The summed E-state index contributed by atoms with van der Waals surface area (Å²) in [4.78, 5) is 11.7. The Hall–Kier alpha value is -1.66. The van der Waals surface area contributed by atoms with E-state index >= 15 is 0 Å². The van der Waals surface area contributed by atoms with E-state index in [2.05, 4.69) is 4.98 Å². The van der Waals surface area contributed by atoms with Crippen LogP contribution in [-0.4, -0.2) is 9.91 Å². The highest BCUT2D eigenvalue weighted by Gasteiger charge is 2.25. The zero-order chi connectivity index (χ0) is 10.2. The van der Waals surface area contributed by atoms with Crippen molar-refractivity contribution in [2.75, 3.05) is 0 Å². The van der Waals surface area contributed by atoms with Gasteiger partial charge in [0.1, 0.15) is 0 Å². The van der Waals surface area contributed by atoms with Gasteiger partial charge in [0.15, 0.2) is 5.82 Å². The lowest BCUT2D eigenvalue weighted by atomic mass is 10.2. The fourth-order valence-electron chi connectivity index (χ4n) is 0.757. The molecule has 0 atom stereocenters. The second-order valence-electron chi connectivity index (χ2n) is 2.24. The molecule has 0 saturated heterocycles. The van der Waals surface area contributed by atoms with Gasteiger partial charge in [-0.25, -0.2) is 4.39 Å². The van der Waals surface area contributed by atoms with Gasteiger partial charge in [-0.1, -0.05) is 0 Å². The lowest BCUT2D eigenvalue weighted by molar-refractivity contribution is -0.390. The molecule has 0 aliphatic carbocycles. The third kappa shape index (κ3) is 1.44. The maximum absolute atomic E-state index is 12.7. The van der Waals surface area contributed by atoms with Gasteiger partial charge in [-0.3, -0.25) is 0 Å². The van der Waals surface area contributed by atoms with E-state index in [9.17, 15) is 23.3 Å². The molecule has 70 valence electrons. The molecule has 0 amide bonds. The van der Waals surface area contributed by atoms with Gasteiger partial charge in [-0.15, -0.1) is 0 Å². The molecule has 13 heavy (non-hydrogen) atoms. The number of pyridine rings is 1. The summed E-state index contributed by atoms with van der Waals surface area (Å²) in [5.41, 5.74) is -0.621. The van der Waals surface area contributed by atoms with Crippen LogP contribution in [0, 0.1) is 34.6 Å². The van der Waals surface area contributed by atoms with Crippen LogP contribution in [0.1, 0.15) is 5.56 Å². The van der Waals surface area contributed by atoms with Crippen molar-refractivity contribution in [2.45, 2.75) is 6.92 Å². The summed E-state index contributed by atoms with van der Waals surface area (Å²) >= 11 is 0. The molecule has 0 aromatic carbocycles. The number of hydrogen-bond donors (Lipinski definition) is 0. The third-order valence-corrected chi connectivity index (χ3v) is 1.42. The van der Waals surface area contributed by atoms with Crippen LogP contribution in [0.5, 0.6) is 0 Å². The van der Waals surface area contributed by atoms with E-state index in [1.807, 2.05) is 0 Å². The minimum atomic E-state index is -1.81. The molecule has 1 aromatic rings. The predicted molar refractivity (Wildman–Crippen MR) is 35.5 cm³/mol. The highest BCUT2D eigenvalue weighted by molar-refractivity contribution is 5.32. The molecule has 0 saturated carbocycles. The van der Waals surface area contributed by atoms with Gasteiger partial charge in [0.2, 0.25) is 5.82 Å². The zero-order valence-corrected chi connectivity index (χ0v) is 6.34. The van der Waals surface area contributed by atoms with Crippen molar-refractivity contribution < 1.29 is 18.1 Å². The van der Waals surface area contributed by atoms with E-state index in [0.717, 1.165) is 6.92 Å². The monoisotopic (exact) mass is 192 g/mol. The molecule has 4 nitrogen and oxygen atoms in total. The number of nitrogens with zero attached hydrogens (tertiary/aromatic N) is 2. The molecular weight excluding hydrogens is 189 g/mol. The van der Waals surface area contributed by atoms with E-state index in [4.69, 9.17) is 0 Å². The lowest BCUT2D eigenvalue weighted by Gasteiger charge is -1.98. The van der Waals surface area contributed by atoms with Crippen LogP contribution in [0.3, 0.4) is 0 Å². The number of hydrogen-bond acceptors (Lipinski definition) is 3. The fraction of sp³-hybridized carbons (Fsp3) is 0.167. The Labute approximate surface area is 70.2 Å². The van der Waals surface area contributed by atoms with Crippen molar-refractivity contribution >= 4 is 5.82 Å². The maximum atomic E-state index is 12.7. The quantitative estimate of drug-likeness (QED) is 0.386. The minimum absolute atomic E-state index is 0.621. The summed E-state index contributed by atoms with van der Waals surface area (Å²) in [6.07, 6.45) is 0. The van der Waals surface area contributed by atoms with Crippen LogP contribution in [0.25, 0.3) is 0 Å². The van der Waals surface area contributed by atoms with Crippen molar-refractivity contribution in [1.82, 2.24) is 4.98 Å². The molecule has 7 heteroatoms. The molecule has 0 N–H and O–H groups in total. The first kappa shape index (κ1) is 9.43. The molecule has 0 bridgehead atoms. The topological polar surface area (TPSA) is 56.0 Å². The van der Waals surface area contributed by atoms with E-state index in [-0.39, 0.29) is 0 Å². The number of rotatable bonds is 1. The van der Waals surface area contributed by atoms with Crippen LogP contribution >= 0.6 is 0 Å². The summed E-state index contributed by atoms with van der Waals surface area (Å²) in [6, 6.07) is 0. The summed E-state index contributed by atoms with van der Waals surface area (Å²) in [5, 5.41) is 10.1. The van der Waals surface area contributed by atoms with Crippen molar-refractivity contribution in [1.29, 1.82) is 0 Å². The molecular formula is C6H3F3N2O2. The highest BCUT2D eigenvalue weighted by atomic mass is 19.2. The Morgan fingerprint density at radius 3 is 2.31 bits per heavy atom. The van der Waals surface area contributed by atoms with Crippen LogP contribution in [0.2, 0.25) is 0 Å². The molecule has 1 heterocycles. The summed E-state index contributed by atoms with van der Waals surface area (Å²) in [7, 11) is 0. The molecule has 0 aliphatic rings. The van der Waals surface area contributed by atoms with Gasteiger partial charge >= 0.3 is 11.8 Å². The molecule has 0 spiro atoms. The maximum Gasteiger partial charge on any atom is 0.372 e. The van der Waals surface area contributed by atoms with Crippen LogP contribution in [0.15, 0.2) is 0 Å². The average Bonchev–Trinajstić information content (AvgIpc) is 2.07. The Bertz CT molecular complexity index is 381. The smallest absolute Gasteiger partial charge is 0.358 e. The first-order valence-corrected chi connectivity index (χ1v) is 3.10. The summed E-state index contributed by atoms with van der Waals surface area (Å²) in [6.45, 7) is 0.947. The minimum Gasteiger partial charge on any atom is -0.358 e. The van der Waals surface area contributed by atoms with Gasteiger partial charge in [-0.05, 0) is 16.8 Å². The first-order chi connectivity index (χ1) is 5.95. The average molecular weight is 192 g/mol. The Morgan fingerprint density at radius 1 is 1.31 bits per heavy atom. The normalized spacial score (nSPS) is 10.2. The zero-order valence-electron chi connectivity index (χ0n) is 6.34. The second-order valence-corrected chi connectivity index (χ2v) is 2.24. The van der Waals surface area contributed by atoms with E-state index in [1.165, 1.54) is 0 Å². The van der Waals surface area contributed by atoms with Crippen molar-refractivity contribution in [3.05, 3.63) is 33.3 Å². The molecule has 0 radical (unpaired) electrons. The Balaban J connectivity index is 3.50. The van der Waals surface area contributed by atoms with Crippen molar-refractivity contribution in [3.8, 4) is 0 Å². The summed E-state index contributed by atoms with van der Waals surface area (Å²) < 4.78 is 37.4. The molecule has 1 rings (SSSR count). The van der Waals surface area contributed by atoms with Crippen LogP contribution in [-0.2, 0) is 0 Å².